The number of rotatable bonds is 10. The van der Waals surface area contributed by atoms with Crippen LogP contribution in [0.15, 0.2) is 163 Å². The van der Waals surface area contributed by atoms with Gasteiger partial charge in [0.25, 0.3) is 0 Å². The van der Waals surface area contributed by atoms with Crippen LogP contribution in [0.3, 0.4) is 0 Å². The van der Waals surface area contributed by atoms with E-state index < -0.39 is 50.9 Å². The molecule has 1 unspecified atom stereocenters. The maximum atomic E-state index is 15.1. The summed E-state index contributed by atoms with van der Waals surface area (Å²) in [4.78, 5) is 44.3. The second kappa shape index (κ2) is 15.1. The maximum absolute atomic E-state index is 15.1. The van der Waals surface area contributed by atoms with E-state index in [9.17, 15) is 9.59 Å². The molecule has 0 radical (unpaired) electrons. The van der Waals surface area contributed by atoms with Crippen molar-refractivity contribution in [2.24, 2.45) is 11.7 Å². The molecular formula is C44H42IN2O5PS. The molecule has 1 fully saturated rings. The minimum atomic E-state index is -3.79. The molecule has 2 aliphatic heterocycles. The molecule has 1 saturated heterocycles. The normalized spacial score (nSPS) is 18.5. The molecule has 276 valence electrons. The van der Waals surface area contributed by atoms with E-state index in [-0.39, 0.29) is 11.4 Å². The van der Waals surface area contributed by atoms with E-state index in [1.54, 1.807) is 20.8 Å². The molecule has 0 saturated carbocycles. The van der Waals surface area contributed by atoms with Crippen LogP contribution in [0.1, 0.15) is 38.0 Å². The summed E-state index contributed by atoms with van der Waals surface area (Å²) in [6, 6.07) is 49.7. The third kappa shape index (κ3) is 6.59. The summed E-state index contributed by atoms with van der Waals surface area (Å²) >= 11 is 4.03. The van der Waals surface area contributed by atoms with E-state index in [1.165, 1.54) is 16.7 Å². The van der Waals surface area contributed by atoms with E-state index in [0.29, 0.717) is 5.57 Å². The Bertz CT molecular complexity index is 2050. The predicted molar refractivity (Wildman–Crippen MR) is 227 cm³/mol. The number of carbonyl (C=O) groups excluding carboxylic acids is 3. The van der Waals surface area contributed by atoms with E-state index in [2.05, 4.69) is 58.4 Å². The van der Waals surface area contributed by atoms with E-state index in [0.717, 1.165) is 27.0 Å². The van der Waals surface area contributed by atoms with Crippen molar-refractivity contribution >= 4 is 71.8 Å². The summed E-state index contributed by atoms with van der Waals surface area (Å²) < 4.78 is 8.44. The molecule has 0 bridgehead atoms. The molecule has 5 aromatic rings. The van der Waals surface area contributed by atoms with Crippen LogP contribution in [-0.4, -0.2) is 45.3 Å². The molecule has 2 aliphatic rings. The Labute approximate surface area is 333 Å². The second-order valence-corrected chi connectivity index (χ2v) is 25.8. The van der Waals surface area contributed by atoms with E-state index in [1.807, 2.05) is 115 Å². The van der Waals surface area contributed by atoms with Crippen molar-refractivity contribution in [3.8, 4) is 0 Å². The van der Waals surface area contributed by atoms with Crippen LogP contribution in [0.4, 0.5) is 0 Å². The molecule has 3 atom stereocenters. The molecule has 7 rings (SSSR count). The predicted octanol–water partition coefficient (Wildman–Crippen LogP) is 7.61. The Hall–Kier alpha value is -4.28. The van der Waals surface area contributed by atoms with Crippen molar-refractivity contribution in [3.05, 3.63) is 174 Å². The Kier molecular flexibility index (Phi) is 10.6. The molecule has 0 aliphatic carbocycles. The van der Waals surface area contributed by atoms with Gasteiger partial charge in [0.2, 0.25) is 0 Å². The van der Waals surface area contributed by atoms with Crippen molar-refractivity contribution in [1.82, 2.24) is 4.90 Å². The molecule has 1 amide bonds. The number of ether oxygens (including phenoxy) is 2. The van der Waals surface area contributed by atoms with Gasteiger partial charge in [-0.15, -0.1) is 0 Å². The van der Waals surface area contributed by atoms with Gasteiger partial charge in [-0.2, -0.15) is 0 Å². The first kappa shape index (κ1) is 38.0. The van der Waals surface area contributed by atoms with Crippen molar-refractivity contribution in [2.75, 3.05) is 5.75 Å². The van der Waals surface area contributed by atoms with Gasteiger partial charge < -0.3 is 0 Å². The Morgan fingerprint density at radius 2 is 1.15 bits per heavy atom. The average molecular weight is 869 g/mol. The van der Waals surface area contributed by atoms with Crippen LogP contribution in [0.2, 0.25) is 0 Å². The topological polar surface area (TPSA) is 98.9 Å². The molecule has 54 heavy (non-hydrogen) atoms. The third-order valence-electron chi connectivity index (χ3n) is 9.94. The molecule has 7 nitrogen and oxygen atoms in total. The number of carbonyl (C=O) groups is 3. The fraction of sp³-hybridized carbons (Fsp3) is 0.205. The quantitative estimate of drug-likeness (QED) is 0.0508. The second-order valence-electron chi connectivity index (χ2n) is 14.4. The molecular weight excluding hydrogens is 826 g/mol. The zero-order valence-electron chi connectivity index (χ0n) is 30.2. The molecule has 5 aromatic carbocycles. The van der Waals surface area contributed by atoms with Crippen molar-refractivity contribution in [2.45, 2.75) is 43.6 Å². The SMILES string of the molecule is CC(C)(C)OC(=O)[C@H]1C(=O)N2C(C(=O)OC(c3ccccc3)c3ccccc3)=C(C(N)P(I)(c3ccccc3)(c3ccccc3)c3ccccc3)CS[C@H]12. The van der Waals surface area contributed by atoms with Gasteiger partial charge in [-0.05, 0) is 0 Å². The number of amides is 1. The first-order chi connectivity index (χ1) is 25.9. The zero-order chi connectivity index (χ0) is 38.1. The number of benzene rings is 5. The van der Waals surface area contributed by atoms with Crippen molar-refractivity contribution in [3.63, 3.8) is 0 Å². The first-order valence-electron chi connectivity index (χ1n) is 17.8. The average Bonchev–Trinajstić information content (AvgIpc) is 3.19. The van der Waals surface area contributed by atoms with Crippen LogP contribution in [0.25, 0.3) is 0 Å². The summed E-state index contributed by atoms with van der Waals surface area (Å²) in [5.41, 5.74) is 9.27. The van der Waals surface area contributed by atoms with Gasteiger partial charge in [-0.1, -0.05) is 0 Å². The Balaban J connectivity index is 1.45. The summed E-state index contributed by atoms with van der Waals surface area (Å²) in [5.74, 6) is -3.38. The summed E-state index contributed by atoms with van der Waals surface area (Å²) in [6.45, 7) is 5.31. The van der Waals surface area contributed by atoms with Crippen LogP contribution in [-0.2, 0) is 23.9 Å². The fourth-order valence-electron chi connectivity index (χ4n) is 7.44. The van der Waals surface area contributed by atoms with Gasteiger partial charge in [-0.25, -0.2) is 0 Å². The molecule has 2 heterocycles. The van der Waals surface area contributed by atoms with Crippen LogP contribution < -0.4 is 21.6 Å². The molecule has 0 aromatic heterocycles. The third-order valence-corrected chi connectivity index (χ3v) is 23.3. The van der Waals surface area contributed by atoms with Crippen LogP contribution in [0.5, 0.6) is 0 Å². The first-order valence-corrected chi connectivity index (χ1v) is 23.9. The van der Waals surface area contributed by atoms with Gasteiger partial charge in [0.1, 0.15) is 0 Å². The Morgan fingerprint density at radius 3 is 1.56 bits per heavy atom. The van der Waals surface area contributed by atoms with Crippen molar-refractivity contribution < 1.29 is 23.9 Å². The number of esters is 2. The molecule has 10 heteroatoms. The standard InChI is InChI=1S/C44H42IN2O5PS/c1-44(2,3)52-42(49)36-40(48)47-37(43(50)51-38(30-19-9-4-10-20-30)31-21-11-5-12-22-31)35(29-54-41(36)47)39(46)53(45,32-23-13-6-14-24-32,33-25-15-7-16-26-33)34-27-17-8-18-28-34/h4-28,36,38-39,41H,29,46H2,1-3H3/t36-,39?,41+/m0/s1. The fourth-order valence-corrected chi connectivity index (χ4v) is 17.8. The molecule has 0 spiro atoms. The number of nitrogens with zero attached hydrogens (tertiary/aromatic N) is 1. The number of hydrogen-bond acceptors (Lipinski definition) is 7. The monoisotopic (exact) mass is 868 g/mol. The van der Waals surface area contributed by atoms with Gasteiger partial charge in [-0.3, -0.25) is 0 Å². The number of hydrogen-bond donors (Lipinski definition) is 1. The summed E-state index contributed by atoms with van der Waals surface area (Å²) in [6.07, 6.45) is -0.775. The summed E-state index contributed by atoms with van der Waals surface area (Å²) in [7, 11) is 0. The number of thioether (sulfide) groups is 1. The Morgan fingerprint density at radius 1 is 0.741 bits per heavy atom. The van der Waals surface area contributed by atoms with Crippen molar-refractivity contribution in [1.29, 1.82) is 0 Å². The minimum absolute atomic E-state index is 0.0846. The van der Waals surface area contributed by atoms with Gasteiger partial charge >= 0.3 is 336 Å². The van der Waals surface area contributed by atoms with Gasteiger partial charge in [0.05, 0.1) is 0 Å². The number of halogens is 1. The number of β-lactam (4-membered cyclic amide) rings is 1. The van der Waals surface area contributed by atoms with E-state index in [4.69, 9.17) is 15.2 Å². The van der Waals surface area contributed by atoms with E-state index >= 15 is 4.79 Å². The number of nitrogens with two attached hydrogens (primary N) is 1. The molecule has 2 N–H and O–H groups in total. The zero-order valence-corrected chi connectivity index (χ0v) is 34.1. The van der Waals surface area contributed by atoms with Gasteiger partial charge in [0.15, 0.2) is 0 Å². The van der Waals surface area contributed by atoms with Crippen LogP contribution >= 0.6 is 38.0 Å². The van der Waals surface area contributed by atoms with Gasteiger partial charge in [0, 0.05) is 0 Å². The number of fused-ring (bicyclic) bond motifs is 1. The summed E-state index contributed by atoms with van der Waals surface area (Å²) in [5, 5.41) is 2.40. The van der Waals surface area contributed by atoms with Crippen LogP contribution in [0, 0.1) is 5.92 Å².